The van der Waals surface area contributed by atoms with Crippen molar-refractivity contribution in [3.63, 3.8) is 0 Å². The van der Waals surface area contributed by atoms with Crippen molar-refractivity contribution in [2.24, 2.45) is 0 Å². The quantitative estimate of drug-likeness (QED) is 0.705. The van der Waals surface area contributed by atoms with Crippen LogP contribution in [-0.4, -0.2) is 0 Å². The highest BCUT2D eigenvalue weighted by molar-refractivity contribution is 5.76. The summed E-state index contributed by atoms with van der Waals surface area (Å²) in [7, 11) is 0. The van der Waals surface area contributed by atoms with E-state index in [0.717, 1.165) is 28.3 Å². The van der Waals surface area contributed by atoms with Gasteiger partial charge in [0.15, 0.2) is 0 Å². The predicted molar refractivity (Wildman–Crippen MR) is 74.1 cm³/mol. The van der Waals surface area contributed by atoms with Gasteiger partial charge in [-0.1, -0.05) is 18.2 Å². The maximum Gasteiger partial charge on any atom is 0.0620 e. The van der Waals surface area contributed by atoms with Crippen molar-refractivity contribution in [1.82, 2.24) is 0 Å². The summed E-state index contributed by atoms with van der Waals surface area (Å²) in [6.45, 7) is 3.85. The van der Waals surface area contributed by atoms with E-state index in [1.54, 1.807) is 0 Å². The lowest BCUT2D eigenvalue weighted by molar-refractivity contribution is 1.27. The lowest BCUT2D eigenvalue weighted by Gasteiger charge is -2.12. The Morgan fingerprint density at radius 3 is 2.53 bits per heavy atom. The number of anilines is 4. The van der Waals surface area contributed by atoms with E-state index >= 15 is 0 Å². The van der Waals surface area contributed by atoms with Crippen LogP contribution < -0.4 is 16.8 Å². The number of nitrogens with two attached hydrogens (primary N) is 2. The largest absolute Gasteiger partial charge is 0.399 e. The van der Waals surface area contributed by atoms with Crippen LogP contribution in [0.4, 0.5) is 22.7 Å². The molecule has 0 spiro atoms. The van der Waals surface area contributed by atoms with E-state index in [9.17, 15) is 0 Å². The minimum absolute atomic E-state index is 0.679. The van der Waals surface area contributed by atoms with Gasteiger partial charge in [0.2, 0.25) is 0 Å². The maximum atomic E-state index is 6.05. The molecule has 5 N–H and O–H groups in total. The van der Waals surface area contributed by atoms with Crippen LogP contribution in [0.5, 0.6) is 0 Å². The Hall–Kier alpha value is -2.16. The zero-order valence-corrected chi connectivity index (χ0v) is 9.61. The van der Waals surface area contributed by atoms with E-state index in [1.807, 2.05) is 42.5 Å². The van der Waals surface area contributed by atoms with Gasteiger partial charge < -0.3 is 16.8 Å². The van der Waals surface area contributed by atoms with Crippen LogP contribution >= 0.6 is 0 Å². The third-order valence-corrected chi connectivity index (χ3v) is 2.63. The summed E-state index contributed by atoms with van der Waals surface area (Å²) in [6.07, 6.45) is 0.679. The molecule has 0 aromatic heterocycles. The van der Waals surface area contributed by atoms with Crippen LogP contribution in [0, 0.1) is 6.92 Å². The molecule has 0 saturated carbocycles. The molecule has 0 aliphatic carbocycles. The minimum atomic E-state index is 0.679. The summed E-state index contributed by atoms with van der Waals surface area (Å²) < 4.78 is 0. The van der Waals surface area contributed by atoms with E-state index in [2.05, 4.69) is 12.2 Å². The number of rotatable bonds is 3. The summed E-state index contributed by atoms with van der Waals surface area (Å²) in [5.41, 5.74) is 16.1. The first kappa shape index (κ1) is 11.3. The van der Waals surface area contributed by atoms with Gasteiger partial charge in [0.25, 0.3) is 0 Å². The number of nitrogens with one attached hydrogen (secondary N) is 1. The average Bonchev–Trinajstić information content (AvgIpc) is 2.32. The van der Waals surface area contributed by atoms with E-state index < -0.39 is 0 Å². The predicted octanol–water partition coefficient (Wildman–Crippen LogP) is 2.97. The average molecular weight is 226 g/mol. The van der Waals surface area contributed by atoms with Gasteiger partial charge in [-0.15, -0.1) is 0 Å². The molecular weight excluding hydrogens is 210 g/mol. The molecule has 2 aromatic carbocycles. The highest BCUT2D eigenvalue weighted by atomic mass is 14.9. The fourth-order valence-corrected chi connectivity index (χ4v) is 1.71. The molecule has 0 atom stereocenters. The molecule has 0 fully saturated rings. The molecule has 3 heteroatoms. The Morgan fingerprint density at radius 2 is 1.82 bits per heavy atom. The lowest BCUT2D eigenvalue weighted by Crippen LogP contribution is -2.00. The SMILES string of the molecule is [CH2]Cc1cccc(Nc2cccc(N)c2)c1N. The summed E-state index contributed by atoms with van der Waals surface area (Å²) in [5, 5.41) is 3.25. The number of nitrogen functional groups attached to an aromatic ring is 2. The van der Waals surface area contributed by atoms with E-state index in [-0.39, 0.29) is 0 Å². The van der Waals surface area contributed by atoms with Crippen LogP contribution in [0.2, 0.25) is 0 Å². The first-order valence-electron chi connectivity index (χ1n) is 5.50. The molecule has 1 radical (unpaired) electrons. The molecule has 2 rings (SSSR count). The van der Waals surface area contributed by atoms with Crippen LogP contribution in [0.3, 0.4) is 0 Å². The Bertz CT molecular complexity index is 521. The molecular formula is C14H16N3. The van der Waals surface area contributed by atoms with Gasteiger partial charge in [-0.05, 0) is 43.2 Å². The van der Waals surface area contributed by atoms with Crippen LogP contribution in [0.15, 0.2) is 42.5 Å². The Morgan fingerprint density at radius 1 is 1.06 bits per heavy atom. The van der Waals surface area contributed by atoms with Crippen LogP contribution in [-0.2, 0) is 6.42 Å². The zero-order valence-electron chi connectivity index (χ0n) is 9.61. The monoisotopic (exact) mass is 226 g/mol. The van der Waals surface area contributed by atoms with Crippen LogP contribution in [0.1, 0.15) is 5.56 Å². The number of hydrogen-bond acceptors (Lipinski definition) is 3. The second kappa shape index (κ2) is 4.78. The van der Waals surface area contributed by atoms with Gasteiger partial charge in [0.05, 0.1) is 11.4 Å². The summed E-state index contributed by atoms with van der Waals surface area (Å²) in [6, 6.07) is 13.5. The highest BCUT2D eigenvalue weighted by Gasteiger charge is 2.03. The smallest absolute Gasteiger partial charge is 0.0620 e. The fraction of sp³-hybridized carbons (Fsp3) is 0.0714. The van der Waals surface area contributed by atoms with Gasteiger partial charge >= 0.3 is 0 Å². The molecule has 17 heavy (non-hydrogen) atoms. The Balaban J connectivity index is 2.30. The van der Waals surface area contributed by atoms with Crippen LogP contribution in [0.25, 0.3) is 0 Å². The Kier molecular flexibility index (Phi) is 3.19. The van der Waals surface area contributed by atoms with Gasteiger partial charge in [0.1, 0.15) is 0 Å². The topological polar surface area (TPSA) is 64.1 Å². The van der Waals surface area contributed by atoms with Crippen molar-refractivity contribution in [2.75, 3.05) is 16.8 Å². The molecule has 3 nitrogen and oxygen atoms in total. The lowest BCUT2D eigenvalue weighted by atomic mass is 10.1. The second-order valence-electron chi connectivity index (χ2n) is 3.88. The van der Waals surface area contributed by atoms with Crippen molar-refractivity contribution < 1.29 is 0 Å². The molecule has 0 bridgehead atoms. The van der Waals surface area contributed by atoms with Crippen molar-refractivity contribution >= 4 is 22.7 Å². The highest BCUT2D eigenvalue weighted by Crippen LogP contribution is 2.27. The first-order valence-corrected chi connectivity index (χ1v) is 5.50. The molecule has 0 unspecified atom stereocenters. The number of para-hydroxylation sites is 1. The molecule has 0 amide bonds. The number of benzene rings is 2. The third-order valence-electron chi connectivity index (χ3n) is 2.63. The zero-order chi connectivity index (χ0) is 12.3. The van der Waals surface area contributed by atoms with Crippen molar-refractivity contribution in [1.29, 1.82) is 0 Å². The summed E-state index contributed by atoms with van der Waals surface area (Å²) in [4.78, 5) is 0. The van der Waals surface area contributed by atoms with Crippen molar-refractivity contribution in [3.8, 4) is 0 Å². The van der Waals surface area contributed by atoms with Gasteiger partial charge in [-0.25, -0.2) is 0 Å². The van der Waals surface area contributed by atoms with Crippen molar-refractivity contribution in [3.05, 3.63) is 55.0 Å². The minimum Gasteiger partial charge on any atom is -0.399 e. The molecule has 2 aromatic rings. The fourth-order valence-electron chi connectivity index (χ4n) is 1.71. The maximum absolute atomic E-state index is 6.05. The Labute approximate surface area is 101 Å². The number of hydrogen-bond donors (Lipinski definition) is 3. The molecule has 87 valence electrons. The second-order valence-corrected chi connectivity index (χ2v) is 3.88. The third kappa shape index (κ3) is 2.50. The molecule has 0 saturated heterocycles. The van der Waals surface area contributed by atoms with Crippen molar-refractivity contribution in [2.45, 2.75) is 6.42 Å². The normalized spacial score (nSPS) is 10.2. The van der Waals surface area contributed by atoms with Gasteiger partial charge in [-0.2, -0.15) is 0 Å². The molecule has 0 heterocycles. The summed E-state index contributed by atoms with van der Waals surface area (Å²) in [5.74, 6) is 0. The van der Waals surface area contributed by atoms with Gasteiger partial charge in [0, 0.05) is 11.4 Å². The molecule has 0 aliphatic rings. The van der Waals surface area contributed by atoms with E-state index in [1.165, 1.54) is 0 Å². The first-order chi connectivity index (χ1) is 8.20. The summed E-state index contributed by atoms with van der Waals surface area (Å²) >= 11 is 0. The standard InChI is InChI=1S/C14H16N3/c1-2-10-5-3-8-13(14(10)16)17-12-7-4-6-11(15)9-12/h3-9,17H,1-2,15-16H2. The van der Waals surface area contributed by atoms with E-state index in [0.29, 0.717) is 6.42 Å². The molecule has 0 aliphatic heterocycles. The van der Waals surface area contributed by atoms with E-state index in [4.69, 9.17) is 11.5 Å². The van der Waals surface area contributed by atoms with Gasteiger partial charge in [-0.3, -0.25) is 0 Å².